The van der Waals surface area contributed by atoms with Crippen LogP contribution in [0.3, 0.4) is 0 Å². The van der Waals surface area contributed by atoms with Crippen molar-refractivity contribution in [3.05, 3.63) is 0 Å². The minimum atomic E-state index is -0.0255. The van der Waals surface area contributed by atoms with E-state index in [-0.39, 0.29) is 11.9 Å². The smallest absolute Gasteiger partial charge is 0.239 e. The first-order valence-electron chi connectivity index (χ1n) is 7.28. The van der Waals surface area contributed by atoms with Crippen LogP contribution in [0.2, 0.25) is 0 Å². The van der Waals surface area contributed by atoms with Crippen LogP contribution in [0.4, 0.5) is 0 Å². The minimum absolute atomic E-state index is 0.0255. The molecule has 0 aromatic carbocycles. The molecular weight excluding hydrogens is 226 g/mol. The molecule has 1 heterocycles. The molecule has 0 radical (unpaired) electrons. The third kappa shape index (κ3) is 5.83. The summed E-state index contributed by atoms with van der Waals surface area (Å²) in [5.74, 6) is 0.280. The van der Waals surface area contributed by atoms with Crippen molar-refractivity contribution >= 4 is 5.91 Å². The van der Waals surface area contributed by atoms with Crippen LogP contribution in [-0.2, 0) is 4.79 Å². The number of hydrogen-bond donors (Lipinski definition) is 1. The van der Waals surface area contributed by atoms with Gasteiger partial charge in [-0.05, 0) is 66.2 Å². The Morgan fingerprint density at radius 1 is 1.22 bits per heavy atom. The average molecular weight is 255 g/mol. The minimum Gasteiger partial charge on any atom is -0.341 e. The average Bonchev–Trinajstić information content (AvgIpc) is 2.38. The summed E-state index contributed by atoms with van der Waals surface area (Å²) in [5.41, 5.74) is 0. The van der Waals surface area contributed by atoms with E-state index in [4.69, 9.17) is 0 Å². The molecule has 1 N–H and O–H groups in total. The molecule has 4 nitrogen and oxygen atoms in total. The quantitative estimate of drug-likeness (QED) is 0.697. The zero-order chi connectivity index (χ0) is 13.4. The molecule has 18 heavy (non-hydrogen) atoms. The van der Waals surface area contributed by atoms with Gasteiger partial charge < -0.3 is 15.1 Å². The number of likely N-dealkylation sites (tertiary alicyclic amines) is 1. The lowest BCUT2D eigenvalue weighted by Gasteiger charge is -2.29. The van der Waals surface area contributed by atoms with E-state index in [0.717, 1.165) is 32.6 Å². The SMILES string of the molecule is CC(NCCCCN(C)C)C(=O)N1CCCCC1. The fraction of sp³-hybridized carbons (Fsp3) is 0.929. The van der Waals surface area contributed by atoms with Crippen molar-refractivity contribution in [1.29, 1.82) is 0 Å². The molecule has 4 heteroatoms. The Bertz CT molecular complexity index is 237. The van der Waals surface area contributed by atoms with Gasteiger partial charge in [-0.1, -0.05) is 0 Å². The molecule has 1 unspecified atom stereocenters. The Morgan fingerprint density at radius 2 is 1.89 bits per heavy atom. The lowest BCUT2D eigenvalue weighted by Crippen LogP contribution is -2.47. The molecule has 0 spiro atoms. The Hall–Kier alpha value is -0.610. The van der Waals surface area contributed by atoms with Gasteiger partial charge in [0.2, 0.25) is 5.91 Å². The van der Waals surface area contributed by atoms with Crippen molar-refractivity contribution in [2.45, 2.75) is 45.1 Å². The van der Waals surface area contributed by atoms with Crippen LogP contribution in [0.15, 0.2) is 0 Å². The van der Waals surface area contributed by atoms with Crippen molar-refractivity contribution in [3.63, 3.8) is 0 Å². The maximum absolute atomic E-state index is 12.1. The Labute approximate surface area is 112 Å². The first-order chi connectivity index (χ1) is 8.61. The highest BCUT2D eigenvalue weighted by Gasteiger charge is 2.21. The molecule has 1 amide bonds. The van der Waals surface area contributed by atoms with Gasteiger partial charge in [0, 0.05) is 13.1 Å². The van der Waals surface area contributed by atoms with Crippen LogP contribution in [0.1, 0.15) is 39.0 Å². The highest BCUT2D eigenvalue weighted by atomic mass is 16.2. The first kappa shape index (κ1) is 15.4. The Morgan fingerprint density at radius 3 is 2.50 bits per heavy atom. The Balaban J connectivity index is 2.11. The van der Waals surface area contributed by atoms with Gasteiger partial charge in [0.05, 0.1) is 6.04 Å². The highest BCUT2D eigenvalue weighted by Crippen LogP contribution is 2.09. The molecule has 106 valence electrons. The maximum atomic E-state index is 12.1. The number of carbonyl (C=O) groups excluding carboxylic acids is 1. The largest absolute Gasteiger partial charge is 0.341 e. The van der Waals surface area contributed by atoms with E-state index in [1.165, 1.54) is 25.7 Å². The number of unbranched alkanes of at least 4 members (excludes halogenated alkanes) is 1. The summed E-state index contributed by atoms with van der Waals surface area (Å²) >= 11 is 0. The van der Waals surface area contributed by atoms with Gasteiger partial charge in [-0.3, -0.25) is 4.79 Å². The van der Waals surface area contributed by atoms with Crippen molar-refractivity contribution in [1.82, 2.24) is 15.1 Å². The predicted molar refractivity (Wildman–Crippen MR) is 75.7 cm³/mol. The molecule has 0 bridgehead atoms. The third-order valence-electron chi connectivity index (χ3n) is 3.52. The number of amides is 1. The van der Waals surface area contributed by atoms with Crippen LogP contribution in [-0.4, -0.2) is 62.0 Å². The molecule has 0 aromatic heterocycles. The molecular formula is C14H29N3O. The number of carbonyl (C=O) groups is 1. The normalized spacial score (nSPS) is 18.1. The summed E-state index contributed by atoms with van der Waals surface area (Å²) in [7, 11) is 4.19. The Kier molecular flexibility index (Phi) is 7.28. The van der Waals surface area contributed by atoms with Gasteiger partial charge in [-0.15, -0.1) is 0 Å². The fourth-order valence-electron chi connectivity index (χ4n) is 2.35. The van der Waals surface area contributed by atoms with Gasteiger partial charge in [0.15, 0.2) is 0 Å². The van der Waals surface area contributed by atoms with Gasteiger partial charge in [0.25, 0.3) is 0 Å². The summed E-state index contributed by atoms with van der Waals surface area (Å²) in [6.45, 7) is 5.95. The molecule has 0 saturated carbocycles. The van der Waals surface area contributed by atoms with Crippen LogP contribution in [0.25, 0.3) is 0 Å². The van der Waals surface area contributed by atoms with E-state index in [1.54, 1.807) is 0 Å². The van der Waals surface area contributed by atoms with Crippen LogP contribution in [0, 0.1) is 0 Å². The number of nitrogens with one attached hydrogen (secondary N) is 1. The summed E-state index contributed by atoms with van der Waals surface area (Å²) in [5, 5.41) is 3.34. The number of nitrogens with zero attached hydrogens (tertiary/aromatic N) is 2. The van der Waals surface area contributed by atoms with Gasteiger partial charge in [0.1, 0.15) is 0 Å². The van der Waals surface area contributed by atoms with Crippen LogP contribution < -0.4 is 5.32 Å². The predicted octanol–water partition coefficient (Wildman–Crippen LogP) is 1.32. The zero-order valence-corrected chi connectivity index (χ0v) is 12.2. The zero-order valence-electron chi connectivity index (χ0n) is 12.2. The number of rotatable bonds is 7. The van der Waals surface area contributed by atoms with E-state index in [1.807, 2.05) is 11.8 Å². The first-order valence-corrected chi connectivity index (χ1v) is 7.28. The highest BCUT2D eigenvalue weighted by molar-refractivity contribution is 5.81. The lowest BCUT2D eigenvalue weighted by molar-refractivity contribution is -0.133. The molecule has 1 fully saturated rings. The van der Waals surface area contributed by atoms with Gasteiger partial charge in [-0.25, -0.2) is 0 Å². The van der Waals surface area contributed by atoms with Crippen molar-refractivity contribution < 1.29 is 4.79 Å². The molecule has 1 atom stereocenters. The van der Waals surface area contributed by atoms with E-state index in [9.17, 15) is 4.79 Å². The van der Waals surface area contributed by atoms with E-state index in [0.29, 0.717) is 0 Å². The number of piperidine rings is 1. The van der Waals surface area contributed by atoms with Gasteiger partial charge in [-0.2, -0.15) is 0 Å². The van der Waals surface area contributed by atoms with Crippen molar-refractivity contribution in [3.8, 4) is 0 Å². The second kappa shape index (κ2) is 8.48. The third-order valence-corrected chi connectivity index (χ3v) is 3.52. The fourth-order valence-corrected chi connectivity index (χ4v) is 2.35. The van der Waals surface area contributed by atoms with Crippen molar-refractivity contribution in [2.24, 2.45) is 0 Å². The molecule has 1 rings (SSSR count). The monoisotopic (exact) mass is 255 g/mol. The molecule has 0 aliphatic carbocycles. The van der Waals surface area contributed by atoms with Crippen LogP contribution in [0.5, 0.6) is 0 Å². The standard InChI is InChI=1S/C14H29N3O/c1-13(15-9-5-8-10-16(2)3)14(18)17-11-6-4-7-12-17/h13,15H,4-12H2,1-3H3. The second-order valence-corrected chi connectivity index (χ2v) is 5.57. The lowest BCUT2D eigenvalue weighted by atomic mass is 10.1. The van der Waals surface area contributed by atoms with Crippen molar-refractivity contribution in [2.75, 3.05) is 40.3 Å². The van der Waals surface area contributed by atoms with E-state index in [2.05, 4.69) is 24.3 Å². The van der Waals surface area contributed by atoms with E-state index < -0.39 is 0 Å². The van der Waals surface area contributed by atoms with Crippen LogP contribution >= 0.6 is 0 Å². The van der Waals surface area contributed by atoms with E-state index >= 15 is 0 Å². The molecule has 1 saturated heterocycles. The summed E-state index contributed by atoms with van der Waals surface area (Å²) in [6.07, 6.45) is 5.93. The molecule has 1 aliphatic rings. The second-order valence-electron chi connectivity index (χ2n) is 5.57. The van der Waals surface area contributed by atoms with Gasteiger partial charge >= 0.3 is 0 Å². The molecule has 0 aromatic rings. The summed E-state index contributed by atoms with van der Waals surface area (Å²) in [4.78, 5) is 16.3. The molecule has 1 aliphatic heterocycles. The summed E-state index contributed by atoms with van der Waals surface area (Å²) < 4.78 is 0. The maximum Gasteiger partial charge on any atom is 0.239 e. The topological polar surface area (TPSA) is 35.6 Å². The number of hydrogen-bond acceptors (Lipinski definition) is 3. The summed E-state index contributed by atoms with van der Waals surface area (Å²) in [6, 6.07) is -0.0255.